The molecule has 0 bridgehead atoms. The van der Waals surface area contributed by atoms with Crippen molar-refractivity contribution in [3.05, 3.63) is 39.6 Å². The van der Waals surface area contributed by atoms with Crippen molar-refractivity contribution in [1.29, 1.82) is 0 Å². The number of carbonyl (C=O) groups is 1. The third-order valence-corrected chi connectivity index (χ3v) is 2.76. The zero-order valence-corrected chi connectivity index (χ0v) is 11.9. The van der Waals surface area contributed by atoms with E-state index in [1.807, 2.05) is 0 Å². The van der Waals surface area contributed by atoms with Crippen molar-refractivity contribution in [2.75, 3.05) is 13.2 Å². The average Bonchev–Trinajstić information content (AvgIpc) is 2.31. The normalized spacial score (nSPS) is 10.7. The molecule has 0 N–H and O–H groups in total. The lowest BCUT2D eigenvalue weighted by Crippen LogP contribution is -2.01. The lowest BCUT2D eigenvalue weighted by molar-refractivity contribution is -0.137. The second-order valence-electron chi connectivity index (χ2n) is 3.16. The topological polar surface area (TPSA) is 35.5 Å². The third-order valence-electron chi connectivity index (χ3n) is 1.85. The van der Waals surface area contributed by atoms with Crippen molar-refractivity contribution in [1.82, 2.24) is 0 Å². The van der Waals surface area contributed by atoms with Crippen LogP contribution in [0, 0.1) is 5.82 Å². The summed E-state index contributed by atoms with van der Waals surface area (Å²) in [6, 6.07) is 2.58. The predicted octanol–water partition coefficient (Wildman–Crippen LogP) is 3.74. The van der Waals surface area contributed by atoms with E-state index in [1.165, 1.54) is 24.3 Å². The molecule has 0 saturated carbocycles. The molecular weight excluding hydrogens is 326 g/mol. The average molecular weight is 338 g/mol. The van der Waals surface area contributed by atoms with Crippen molar-refractivity contribution in [2.24, 2.45) is 0 Å². The first-order chi connectivity index (χ1) is 8.54. The molecule has 18 heavy (non-hydrogen) atoms. The van der Waals surface area contributed by atoms with E-state index in [0.717, 1.165) is 0 Å². The van der Waals surface area contributed by atoms with E-state index < -0.39 is 11.8 Å². The van der Waals surface area contributed by atoms with Crippen LogP contribution >= 0.6 is 27.5 Å². The molecule has 1 aromatic carbocycles. The van der Waals surface area contributed by atoms with Crippen LogP contribution in [0.25, 0.3) is 0 Å². The summed E-state index contributed by atoms with van der Waals surface area (Å²) in [5.74, 6) is -0.697. The van der Waals surface area contributed by atoms with Crippen LogP contribution < -0.4 is 4.74 Å². The maximum atomic E-state index is 13.2. The van der Waals surface area contributed by atoms with Gasteiger partial charge in [-0.3, -0.25) is 0 Å². The summed E-state index contributed by atoms with van der Waals surface area (Å²) in [4.78, 5) is 11.0. The lowest BCUT2D eigenvalue weighted by Gasteiger charge is -2.06. The summed E-state index contributed by atoms with van der Waals surface area (Å²) in [5.41, 5.74) is 0. The van der Waals surface area contributed by atoms with Crippen LogP contribution in [0.4, 0.5) is 4.39 Å². The minimum Gasteiger partial charge on any atom is -0.488 e. The smallest absolute Gasteiger partial charge is 0.330 e. The molecule has 0 aliphatic carbocycles. The highest BCUT2D eigenvalue weighted by molar-refractivity contribution is 9.10. The molecule has 0 saturated heterocycles. The Morgan fingerprint density at radius 2 is 2.28 bits per heavy atom. The zero-order valence-electron chi connectivity index (χ0n) is 9.58. The molecule has 6 heteroatoms. The fraction of sp³-hybridized carbons (Fsp3) is 0.250. The van der Waals surface area contributed by atoms with Crippen molar-refractivity contribution in [3.63, 3.8) is 0 Å². The van der Waals surface area contributed by atoms with Crippen molar-refractivity contribution in [2.45, 2.75) is 6.92 Å². The Hall–Kier alpha value is -1.07. The highest BCUT2D eigenvalue weighted by Crippen LogP contribution is 2.30. The Kier molecular flexibility index (Phi) is 6.15. The number of rotatable bonds is 5. The lowest BCUT2D eigenvalue weighted by atomic mass is 10.3. The first kappa shape index (κ1) is 15.0. The number of hydrogen-bond donors (Lipinski definition) is 0. The van der Waals surface area contributed by atoms with Gasteiger partial charge in [-0.2, -0.15) is 0 Å². The summed E-state index contributed by atoms with van der Waals surface area (Å²) in [6.07, 6.45) is 2.74. The van der Waals surface area contributed by atoms with Gasteiger partial charge in [-0.1, -0.05) is 11.6 Å². The number of halogens is 3. The van der Waals surface area contributed by atoms with Crippen molar-refractivity contribution >= 4 is 33.5 Å². The van der Waals surface area contributed by atoms with Crippen LogP contribution in [-0.4, -0.2) is 19.2 Å². The molecule has 0 aliphatic rings. The van der Waals surface area contributed by atoms with Gasteiger partial charge in [-0.25, -0.2) is 9.18 Å². The van der Waals surface area contributed by atoms with Crippen LogP contribution in [0.5, 0.6) is 5.75 Å². The molecular formula is C12H11BrClFO3. The Balaban J connectivity index is 2.54. The molecule has 0 unspecified atom stereocenters. The molecule has 1 aromatic rings. The Labute approximate surface area is 118 Å². The summed E-state index contributed by atoms with van der Waals surface area (Å²) >= 11 is 8.78. The molecule has 98 valence electrons. The first-order valence-corrected chi connectivity index (χ1v) is 6.32. The fourth-order valence-corrected chi connectivity index (χ4v) is 1.84. The van der Waals surface area contributed by atoms with Crippen LogP contribution in [0.3, 0.4) is 0 Å². The largest absolute Gasteiger partial charge is 0.488 e. The second kappa shape index (κ2) is 7.38. The Morgan fingerprint density at radius 3 is 2.94 bits per heavy atom. The minimum atomic E-state index is -0.566. The van der Waals surface area contributed by atoms with E-state index in [4.69, 9.17) is 16.3 Å². The number of esters is 1. The minimum absolute atomic E-state index is 0.0105. The second-order valence-corrected chi connectivity index (χ2v) is 4.42. The van der Waals surface area contributed by atoms with E-state index in [2.05, 4.69) is 20.7 Å². The highest BCUT2D eigenvalue weighted by Gasteiger charge is 2.07. The molecule has 0 amide bonds. The third kappa shape index (κ3) is 4.66. The predicted molar refractivity (Wildman–Crippen MR) is 70.4 cm³/mol. The van der Waals surface area contributed by atoms with Crippen LogP contribution in [0.2, 0.25) is 5.02 Å². The number of ether oxygens (including phenoxy) is 2. The molecule has 0 heterocycles. The standard InChI is InChI=1S/C12H11BrClFO3/c1-2-17-12(16)4-3-5-18-11-7-10(15)9(14)6-8(11)13/h3-4,6-7H,2,5H2,1H3/b4-3+. The van der Waals surface area contributed by atoms with Crippen LogP contribution in [0.1, 0.15) is 6.92 Å². The van der Waals surface area contributed by atoms with Crippen molar-refractivity contribution < 1.29 is 18.7 Å². The highest BCUT2D eigenvalue weighted by atomic mass is 79.9. The summed E-state index contributed by atoms with van der Waals surface area (Å²) in [7, 11) is 0. The van der Waals surface area contributed by atoms with Gasteiger partial charge in [0, 0.05) is 12.1 Å². The number of carbonyl (C=O) groups excluding carboxylic acids is 1. The first-order valence-electron chi connectivity index (χ1n) is 5.15. The SMILES string of the molecule is CCOC(=O)/C=C/COc1cc(F)c(Cl)cc1Br. The van der Waals surface area contributed by atoms with Crippen LogP contribution in [0.15, 0.2) is 28.8 Å². The van der Waals surface area contributed by atoms with Gasteiger partial charge >= 0.3 is 5.97 Å². The molecule has 0 aliphatic heterocycles. The molecule has 3 nitrogen and oxygen atoms in total. The van der Waals surface area contributed by atoms with Gasteiger partial charge in [0.05, 0.1) is 16.1 Å². The molecule has 0 atom stereocenters. The van der Waals surface area contributed by atoms with Gasteiger partial charge in [-0.05, 0) is 35.0 Å². The van der Waals surface area contributed by atoms with E-state index in [1.54, 1.807) is 6.92 Å². The van der Waals surface area contributed by atoms with E-state index in [-0.39, 0.29) is 11.6 Å². The quantitative estimate of drug-likeness (QED) is 0.466. The monoisotopic (exact) mass is 336 g/mol. The molecule has 1 rings (SSSR count). The van der Waals surface area contributed by atoms with Gasteiger partial charge in [0.1, 0.15) is 18.2 Å². The number of benzene rings is 1. The maximum absolute atomic E-state index is 13.2. The van der Waals surface area contributed by atoms with Gasteiger partial charge in [0.25, 0.3) is 0 Å². The van der Waals surface area contributed by atoms with Crippen molar-refractivity contribution in [3.8, 4) is 5.75 Å². The fourth-order valence-electron chi connectivity index (χ4n) is 1.09. The number of hydrogen-bond acceptors (Lipinski definition) is 3. The zero-order chi connectivity index (χ0) is 13.5. The van der Waals surface area contributed by atoms with Gasteiger partial charge < -0.3 is 9.47 Å². The summed E-state index contributed by atoms with van der Waals surface area (Å²) in [6.45, 7) is 2.16. The Morgan fingerprint density at radius 1 is 1.56 bits per heavy atom. The Bertz CT molecular complexity index is 463. The summed E-state index contributed by atoms with van der Waals surface area (Å²) < 4.78 is 23.7. The van der Waals surface area contributed by atoms with Gasteiger partial charge in [0.2, 0.25) is 0 Å². The molecule has 0 radical (unpaired) electrons. The van der Waals surface area contributed by atoms with E-state index in [9.17, 15) is 9.18 Å². The molecule has 0 spiro atoms. The van der Waals surface area contributed by atoms with E-state index in [0.29, 0.717) is 16.8 Å². The summed E-state index contributed by atoms with van der Waals surface area (Å²) in [5, 5.41) is 0.0105. The van der Waals surface area contributed by atoms with Gasteiger partial charge in [-0.15, -0.1) is 0 Å². The molecule has 0 aromatic heterocycles. The van der Waals surface area contributed by atoms with Crippen LogP contribution in [-0.2, 0) is 9.53 Å². The van der Waals surface area contributed by atoms with E-state index >= 15 is 0 Å². The maximum Gasteiger partial charge on any atom is 0.330 e. The van der Waals surface area contributed by atoms with Gasteiger partial charge in [0.15, 0.2) is 0 Å². The molecule has 0 fully saturated rings.